The maximum atomic E-state index is 13.1. The standard InChI is InChI=1S/C17H18FNO4/c1-2-21-17(20)19-10-11-22-14-6-8-15(9-7-14)23-16-5-3-4-13(18)12-16/h3-9,12H,2,10-11H2,1H3,(H,19,20). The maximum Gasteiger partial charge on any atom is 0.407 e. The van der Waals surface area contributed by atoms with Gasteiger partial charge in [0, 0.05) is 6.07 Å². The van der Waals surface area contributed by atoms with Crippen LogP contribution in [-0.2, 0) is 4.74 Å². The van der Waals surface area contributed by atoms with Crippen molar-refractivity contribution in [2.45, 2.75) is 6.92 Å². The number of rotatable bonds is 7. The van der Waals surface area contributed by atoms with Crippen molar-refractivity contribution in [3.05, 3.63) is 54.3 Å². The van der Waals surface area contributed by atoms with Gasteiger partial charge in [-0.1, -0.05) is 6.07 Å². The predicted molar refractivity (Wildman–Crippen MR) is 83.4 cm³/mol. The zero-order valence-corrected chi connectivity index (χ0v) is 12.8. The molecular formula is C17H18FNO4. The second-order valence-corrected chi connectivity index (χ2v) is 4.53. The first kappa shape index (κ1) is 16.6. The largest absolute Gasteiger partial charge is 0.492 e. The van der Waals surface area contributed by atoms with Crippen molar-refractivity contribution in [3.8, 4) is 17.2 Å². The van der Waals surface area contributed by atoms with Crippen LogP contribution in [0, 0.1) is 5.82 Å². The fourth-order valence-corrected chi connectivity index (χ4v) is 1.77. The first-order valence-corrected chi connectivity index (χ1v) is 7.24. The molecule has 0 fully saturated rings. The number of nitrogens with one attached hydrogen (secondary N) is 1. The van der Waals surface area contributed by atoms with Gasteiger partial charge in [0.25, 0.3) is 0 Å². The van der Waals surface area contributed by atoms with Crippen molar-refractivity contribution in [1.82, 2.24) is 5.32 Å². The predicted octanol–water partition coefficient (Wildman–Crippen LogP) is 3.74. The average molecular weight is 319 g/mol. The minimum absolute atomic E-state index is 0.322. The first-order valence-electron chi connectivity index (χ1n) is 7.24. The van der Waals surface area contributed by atoms with Gasteiger partial charge in [-0.15, -0.1) is 0 Å². The Balaban J connectivity index is 1.77. The SMILES string of the molecule is CCOC(=O)NCCOc1ccc(Oc2cccc(F)c2)cc1. The van der Waals surface area contributed by atoms with Gasteiger partial charge in [-0.25, -0.2) is 9.18 Å². The lowest BCUT2D eigenvalue weighted by Crippen LogP contribution is -2.28. The van der Waals surface area contributed by atoms with Gasteiger partial charge in [-0.3, -0.25) is 0 Å². The Labute approximate surface area is 134 Å². The summed E-state index contributed by atoms with van der Waals surface area (Å²) in [6, 6.07) is 12.8. The van der Waals surface area contributed by atoms with Crippen molar-refractivity contribution >= 4 is 6.09 Å². The molecule has 0 bridgehead atoms. The van der Waals surface area contributed by atoms with Gasteiger partial charge < -0.3 is 19.5 Å². The Morgan fingerprint density at radius 2 is 1.83 bits per heavy atom. The maximum absolute atomic E-state index is 13.1. The summed E-state index contributed by atoms with van der Waals surface area (Å²) in [6.07, 6.45) is -0.463. The molecule has 0 radical (unpaired) electrons. The lowest BCUT2D eigenvalue weighted by atomic mass is 10.3. The fraction of sp³-hybridized carbons (Fsp3) is 0.235. The van der Waals surface area contributed by atoms with E-state index in [1.807, 2.05) is 0 Å². The molecule has 122 valence electrons. The van der Waals surface area contributed by atoms with Gasteiger partial charge >= 0.3 is 6.09 Å². The number of amides is 1. The van der Waals surface area contributed by atoms with Crippen LogP contribution in [0.25, 0.3) is 0 Å². The number of hydrogen-bond donors (Lipinski definition) is 1. The number of halogens is 1. The van der Waals surface area contributed by atoms with E-state index in [1.54, 1.807) is 43.3 Å². The number of carbonyl (C=O) groups excluding carboxylic acids is 1. The van der Waals surface area contributed by atoms with E-state index < -0.39 is 6.09 Å². The molecule has 23 heavy (non-hydrogen) atoms. The number of benzene rings is 2. The van der Waals surface area contributed by atoms with E-state index in [9.17, 15) is 9.18 Å². The van der Waals surface area contributed by atoms with E-state index in [-0.39, 0.29) is 5.82 Å². The highest BCUT2D eigenvalue weighted by Crippen LogP contribution is 2.24. The van der Waals surface area contributed by atoms with Crippen LogP contribution in [0.5, 0.6) is 17.2 Å². The quantitative estimate of drug-likeness (QED) is 0.790. The van der Waals surface area contributed by atoms with E-state index in [0.717, 1.165) is 0 Å². The molecule has 0 aromatic heterocycles. The average Bonchev–Trinajstić information content (AvgIpc) is 2.53. The third-order valence-corrected chi connectivity index (χ3v) is 2.77. The fourth-order valence-electron chi connectivity index (χ4n) is 1.77. The Hall–Kier alpha value is -2.76. The first-order chi connectivity index (χ1) is 11.2. The molecular weight excluding hydrogens is 301 g/mol. The van der Waals surface area contributed by atoms with E-state index in [0.29, 0.717) is 37.0 Å². The molecule has 0 atom stereocenters. The summed E-state index contributed by atoms with van der Waals surface area (Å²) < 4.78 is 28.8. The molecule has 0 aliphatic heterocycles. The van der Waals surface area contributed by atoms with Gasteiger partial charge in [0.2, 0.25) is 0 Å². The molecule has 0 saturated heterocycles. The van der Waals surface area contributed by atoms with Crippen molar-refractivity contribution in [2.75, 3.05) is 19.8 Å². The van der Waals surface area contributed by atoms with Crippen LogP contribution in [0.15, 0.2) is 48.5 Å². The molecule has 2 aromatic rings. The molecule has 2 rings (SSSR count). The van der Waals surface area contributed by atoms with Crippen LogP contribution in [0.2, 0.25) is 0 Å². The van der Waals surface area contributed by atoms with Crippen LogP contribution in [0.3, 0.4) is 0 Å². The Morgan fingerprint density at radius 3 is 2.52 bits per heavy atom. The molecule has 5 nitrogen and oxygen atoms in total. The highest BCUT2D eigenvalue weighted by atomic mass is 19.1. The van der Waals surface area contributed by atoms with Gasteiger partial charge in [0.05, 0.1) is 13.2 Å². The zero-order chi connectivity index (χ0) is 16.5. The van der Waals surface area contributed by atoms with Crippen molar-refractivity contribution in [3.63, 3.8) is 0 Å². The van der Waals surface area contributed by atoms with Crippen molar-refractivity contribution in [1.29, 1.82) is 0 Å². The lowest BCUT2D eigenvalue weighted by Gasteiger charge is -2.09. The van der Waals surface area contributed by atoms with Gasteiger partial charge in [-0.05, 0) is 43.3 Å². The normalized spacial score (nSPS) is 10.0. The van der Waals surface area contributed by atoms with E-state index in [1.165, 1.54) is 12.1 Å². The summed E-state index contributed by atoms with van der Waals surface area (Å²) in [7, 11) is 0. The number of alkyl carbamates (subject to hydrolysis) is 1. The molecule has 6 heteroatoms. The third-order valence-electron chi connectivity index (χ3n) is 2.77. The third kappa shape index (κ3) is 5.86. The molecule has 1 amide bonds. The minimum Gasteiger partial charge on any atom is -0.492 e. The second-order valence-electron chi connectivity index (χ2n) is 4.53. The number of ether oxygens (including phenoxy) is 3. The van der Waals surface area contributed by atoms with Crippen LogP contribution in [0.1, 0.15) is 6.92 Å². The van der Waals surface area contributed by atoms with Gasteiger partial charge in [-0.2, -0.15) is 0 Å². The summed E-state index contributed by atoms with van der Waals surface area (Å²) in [5.74, 6) is 1.30. The Kier molecular flexibility index (Phi) is 6.23. The zero-order valence-electron chi connectivity index (χ0n) is 12.8. The number of carbonyl (C=O) groups is 1. The molecule has 2 aromatic carbocycles. The van der Waals surface area contributed by atoms with E-state index in [4.69, 9.17) is 14.2 Å². The monoisotopic (exact) mass is 319 g/mol. The van der Waals surface area contributed by atoms with Crippen LogP contribution in [0.4, 0.5) is 9.18 Å². The molecule has 0 saturated carbocycles. The molecule has 0 unspecified atom stereocenters. The number of hydrogen-bond acceptors (Lipinski definition) is 4. The molecule has 0 aliphatic carbocycles. The molecule has 0 aliphatic rings. The highest BCUT2D eigenvalue weighted by Gasteiger charge is 2.01. The topological polar surface area (TPSA) is 56.8 Å². The van der Waals surface area contributed by atoms with E-state index in [2.05, 4.69) is 5.32 Å². The van der Waals surface area contributed by atoms with Crippen molar-refractivity contribution in [2.24, 2.45) is 0 Å². The van der Waals surface area contributed by atoms with Crippen molar-refractivity contribution < 1.29 is 23.4 Å². The smallest absolute Gasteiger partial charge is 0.407 e. The van der Waals surface area contributed by atoms with Gasteiger partial charge in [0.1, 0.15) is 29.7 Å². The van der Waals surface area contributed by atoms with Crippen LogP contribution in [-0.4, -0.2) is 25.9 Å². The highest BCUT2D eigenvalue weighted by molar-refractivity contribution is 5.66. The second kappa shape index (κ2) is 8.63. The summed E-state index contributed by atoms with van der Waals surface area (Å²) in [5, 5.41) is 2.56. The minimum atomic E-state index is -0.463. The van der Waals surface area contributed by atoms with Crippen LogP contribution >= 0.6 is 0 Å². The molecule has 1 N–H and O–H groups in total. The Morgan fingerprint density at radius 1 is 1.09 bits per heavy atom. The Bertz CT molecular complexity index is 631. The summed E-state index contributed by atoms with van der Waals surface area (Å²) in [4.78, 5) is 11.1. The lowest BCUT2D eigenvalue weighted by molar-refractivity contribution is 0.150. The van der Waals surface area contributed by atoms with Crippen LogP contribution < -0.4 is 14.8 Å². The summed E-state index contributed by atoms with van der Waals surface area (Å²) in [6.45, 7) is 2.74. The van der Waals surface area contributed by atoms with Gasteiger partial charge in [0.15, 0.2) is 0 Å². The molecule has 0 spiro atoms. The summed E-state index contributed by atoms with van der Waals surface area (Å²) in [5.41, 5.74) is 0. The molecule has 0 heterocycles. The van der Waals surface area contributed by atoms with E-state index >= 15 is 0 Å². The summed E-state index contributed by atoms with van der Waals surface area (Å²) >= 11 is 0.